The van der Waals surface area contributed by atoms with Crippen LogP contribution in [0.3, 0.4) is 0 Å². The lowest BCUT2D eigenvalue weighted by Crippen LogP contribution is -2.09. The molecular formula is C16H11ClN4OS. The Morgan fingerprint density at radius 3 is 2.83 bits per heavy atom. The van der Waals surface area contributed by atoms with Gasteiger partial charge in [-0.3, -0.25) is 4.79 Å². The zero-order valence-corrected chi connectivity index (χ0v) is 13.6. The molecule has 0 unspecified atom stereocenters. The fourth-order valence-electron chi connectivity index (χ4n) is 2.50. The fraction of sp³-hybridized carbons (Fsp3) is 0.0625. The first-order chi connectivity index (χ1) is 11.1. The minimum Gasteiger partial charge on any atom is -0.331 e. The van der Waals surface area contributed by atoms with Crippen LogP contribution in [0, 0.1) is 0 Å². The van der Waals surface area contributed by atoms with E-state index in [-0.39, 0.29) is 5.56 Å². The van der Waals surface area contributed by atoms with Crippen molar-refractivity contribution < 1.29 is 0 Å². The number of rotatable bonds is 2. The number of halogens is 1. The molecule has 1 aromatic carbocycles. The van der Waals surface area contributed by atoms with Crippen molar-refractivity contribution in [3.63, 3.8) is 0 Å². The maximum atomic E-state index is 12.4. The highest BCUT2D eigenvalue weighted by Gasteiger charge is 2.16. The van der Waals surface area contributed by atoms with E-state index in [9.17, 15) is 4.79 Å². The standard InChI is InChI=1S/C16H11ClN4OS/c1-21-7-6-18-15(21)14-19-12-10(8-23-13(12)16(22)20-14)9-4-2-3-5-11(9)17/h2-8H,1H3,(H,19,20,22). The molecule has 5 nitrogen and oxygen atoms in total. The number of benzene rings is 1. The highest BCUT2D eigenvalue weighted by atomic mass is 35.5. The summed E-state index contributed by atoms with van der Waals surface area (Å²) >= 11 is 7.66. The number of fused-ring (bicyclic) bond motifs is 1. The first-order valence-corrected chi connectivity index (χ1v) is 8.15. The van der Waals surface area contributed by atoms with Crippen LogP contribution in [0.15, 0.2) is 46.8 Å². The Labute approximate surface area is 140 Å². The molecular weight excluding hydrogens is 332 g/mol. The van der Waals surface area contributed by atoms with E-state index in [2.05, 4.69) is 15.0 Å². The molecule has 7 heteroatoms. The van der Waals surface area contributed by atoms with Gasteiger partial charge < -0.3 is 9.55 Å². The second-order valence-corrected chi connectivity index (χ2v) is 6.37. The van der Waals surface area contributed by atoms with E-state index in [1.165, 1.54) is 11.3 Å². The SMILES string of the molecule is Cn1ccnc1-c1nc2c(-c3ccccc3Cl)csc2c(=O)[nH]1. The summed E-state index contributed by atoms with van der Waals surface area (Å²) in [5, 5.41) is 2.55. The zero-order chi connectivity index (χ0) is 16.0. The quantitative estimate of drug-likeness (QED) is 0.604. The topological polar surface area (TPSA) is 63.6 Å². The van der Waals surface area contributed by atoms with E-state index in [4.69, 9.17) is 11.6 Å². The lowest BCUT2D eigenvalue weighted by Gasteiger charge is -2.04. The van der Waals surface area contributed by atoms with Crippen LogP contribution in [0.2, 0.25) is 5.02 Å². The molecule has 0 amide bonds. The highest BCUT2D eigenvalue weighted by Crippen LogP contribution is 2.35. The van der Waals surface area contributed by atoms with Crippen molar-refractivity contribution >= 4 is 33.2 Å². The normalized spacial score (nSPS) is 11.2. The fourth-order valence-corrected chi connectivity index (χ4v) is 3.64. The summed E-state index contributed by atoms with van der Waals surface area (Å²) in [4.78, 5) is 24.1. The van der Waals surface area contributed by atoms with Crippen molar-refractivity contribution in [3.05, 3.63) is 57.4 Å². The monoisotopic (exact) mass is 342 g/mol. The number of nitrogens with zero attached hydrogens (tertiary/aromatic N) is 3. The minimum atomic E-state index is -0.170. The Morgan fingerprint density at radius 2 is 2.09 bits per heavy atom. The van der Waals surface area contributed by atoms with Gasteiger partial charge >= 0.3 is 0 Å². The Balaban J connectivity index is 2.02. The molecule has 0 bridgehead atoms. The molecule has 0 aliphatic carbocycles. The molecule has 0 radical (unpaired) electrons. The van der Waals surface area contributed by atoms with Gasteiger partial charge in [0.1, 0.15) is 4.70 Å². The second-order valence-electron chi connectivity index (χ2n) is 5.08. The van der Waals surface area contributed by atoms with Gasteiger partial charge in [0, 0.05) is 41.0 Å². The molecule has 4 aromatic rings. The zero-order valence-electron chi connectivity index (χ0n) is 12.1. The molecule has 0 spiro atoms. The number of nitrogens with one attached hydrogen (secondary N) is 1. The van der Waals surface area contributed by atoms with Crippen LogP contribution in [0.4, 0.5) is 0 Å². The molecule has 4 rings (SSSR count). The Kier molecular flexibility index (Phi) is 3.28. The van der Waals surface area contributed by atoms with Crippen LogP contribution in [0.25, 0.3) is 33.0 Å². The molecule has 0 saturated carbocycles. The van der Waals surface area contributed by atoms with E-state index in [1.54, 1.807) is 6.20 Å². The Hall–Kier alpha value is -2.44. The van der Waals surface area contributed by atoms with E-state index < -0.39 is 0 Å². The van der Waals surface area contributed by atoms with Crippen LogP contribution in [-0.4, -0.2) is 19.5 Å². The first-order valence-electron chi connectivity index (χ1n) is 6.89. The molecule has 3 heterocycles. The van der Waals surface area contributed by atoms with Crippen LogP contribution < -0.4 is 5.56 Å². The summed E-state index contributed by atoms with van der Waals surface area (Å²) in [6.45, 7) is 0. The molecule has 0 aliphatic heterocycles. The van der Waals surface area contributed by atoms with Gasteiger partial charge in [0.15, 0.2) is 11.6 Å². The summed E-state index contributed by atoms with van der Waals surface area (Å²) in [5.41, 5.74) is 2.20. The van der Waals surface area contributed by atoms with Gasteiger partial charge in [0.2, 0.25) is 0 Å². The Bertz CT molecular complexity index is 1080. The highest BCUT2D eigenvalue weighted by molar-refractivity contribution is 7.17. The number of aryl methyl sites for hydroxylation is 1. The third-order valence-corrected chi connectivity index (χ3v) is 4.92. The largest absolute Gasteiger partial charge is 0.331 e. The van der Waals surface area contributed by atoms with E-state index in [1.807, 2.05) is 47.5 Å². The molecule has 0 atom stereocenters. The molecule has 23 heavy (non-hydrogen) atoms. The maximum absolute atomic E-state index is 12.4. The summed E-state index contributed by atoms with van der Waals surface area (Å²) in [6, 6.07) is 7.54. The van der Waals surface area contributed by atoms with Crippen molar-refractivity contribution in [1.29, 1.82) is 0 Å². The number of thiophene rings is 1. The lowest BCUT2D eigenvalue weighted by atomic mass is 10.1. The third-order valence-electron chi connectivity index (χ3n) is 3.62. The third kappa shape index (κ3) is 2.27. The van der Waals surface area contributed by atoms with Crippen LogP contribution in [-0.2, 0) is 7.05 Å². The van der Waals surface area contributed by atoms with Gasteiger partial charge in [-0.1, -0.05) is 29.8 Å². The van der Waals surface area contributed by atoms with Gasteiger partial charge in [-0.25, -0.2) is 9.97 Å². The minimum absolute atomic E-state index is 0.170. The average Bonchev–Trinajstić information content (AvgIpc) is 3.14. The summed E-state index contributed by atoms with van der Waals surface area (Å²) < 4.78 is 2.39. The van der Waals surface area contributed by atoms with Crippen molar-refractivity contribution in [2.45, 2.75) is 0 Å². The first kappa shape index (κ1) is 14.2. The maximum Gasteiger partial charge on any atom is 0.269 e. The van der Waals surface area contributed by atoms with Gasteiger partial charge in [0.25, 0.3) is 5.56 Å². The molecule has 0 saturated heterocycles. The van der Waals surface area contributed by atoms with E-state index in [0.717, 1.165) is 11.1 Å². The number of aromatic amines is 1. The van der Waals surface area contributed by atoms with Gasteiger partial charge in [-0.15, -0.1) is 11.3 Å². The van der Waals surface area contributed by atoms with Crippen molar-refractivity contribution in [2.75, 3.05) is 0 Å². The smallest absolute Gasteiger partial charge is 0.269 e. The lowest BCUT2D eigenvalue weighted by molar-refractivity contribution is 0.907. The van der Waals surface area contributed by atoms with Crippen molar-refractivity contribution in [2.24, 2.45) is 7.05 Å². The molecule has 3 aromatic heterocycles. The van der Waals surface area contributed by atoms with E-state index >= 15 is 0 Å². The van der Waals surface area contributed by atoms with Crippen LogP contribution in [0.1, 0.15) is 0 Å². The number of H-pyrrole nitrogens is 1. The Morgan fingerprint density at radius 1 is 1.26 bits per heavy atom. The number of hydrogen-bond acceptors (Lipinski definition) is 4. The van der Waals surface area contributed by atoms with Crippen LogP contribution >= 0.6 is 22.9 Å². The summed E-state index contributed by atoms with van der Waals surface area (Å²) in [5.74, 6) is 1.06. The summed E-state index contributed by atoms with van der Waals surface area (Å²) in [7, 11) is 1.86. The molecule has 114 valence electrons. The van der Waals surface area contributed by atoms with Crippen molar-refractivity contribution in [3.8, 4) is 22.8 Å². The van der Waals surface area contributed by atoms with Gasteiger partial charge in [-0.2, -0.15) is 0 Å². The van der Waals surface area contributed by atoms with Crippen molar-refractivity contribution in [1.82, 2.24) is 19.5 Å². The van der Waals surface area contributed by atoms with Gasteiger partial charge in [0.05, 0.1) is 5.52 Å². The molecule has 1 N–H and O–H groups in total. The van der Waals surface area contributed by atoms with Crippen LogP contribution in [0.5, 0.6) is 0 Å². The number of hydrogen-bond donors (Lipinski definition) is 1. The second kappa shape index (κ2) is 5.33. The van der Waals surface area contributed by atoms with E-state index in [0.29, 0.717) is 26.9 Å². The number of imidazole rings is 1. The predicted octanol–water partition coefficient (Wildman–Crippen LogP) is 3.71. The predicted molar refractivity (Wildman–Crippen MR) is 92.9 cm³/mol. The molecule has 0 aliphatic rings. The molecule has 0 fully saturated rings. The average molecular weight is 343 g/mol. The number of aromatic nitrogens is 4. The van der Waals surface area contributed by atoms with Gasteiger partial charge in [-0.05, 0) is 6.07 Å². The summed E-state index contributed by atoms with van der Waals surface area (Å²) in [6.07, 6.45) is 3.48.